The van der Waals surface area contributed by atoms with Gasteiger partial charge in [-0.15, -0.1) is 11.3 Å². The summed E-state index contributed by atoms with van der Waals surface area (Å²) in [4.78, 5) is 16.6. The van der Waals surface area contributed by atoms with Crippen molar-refractivity contribution in [3.05, 3.63) is 34.0 Å². The molecular formula is C12H15ClN4OS. The molecule has 0 aliphatic heterocycles. The highest BCUT2D eigenvalue weighted by Crippen LogP contribution is 2.21. The molecule has 1 N–H and O–H groups in total. The van der Waals surface area contributed by atoms with Gasteiger partial charge >= 0.3 is 0 Å². The molecule has 0 unspecified atom stereocenters. The summed E-state index contributed by atoms with van der Waals surface area (Å²) in [6, 6.07) is 3.45. The first kappa shape index (κ1) is 14.0. The maximum atomic E-state index is 12.1. The van der Waals surface area contributed by atoms with Crippen molar-refractivity contribution in [1.29, 1.82) is 0 Å². The molecule has 1 atom stereocenters. The van der Waals surface area contributed by atoms with Crippen LogP contribution in [-0.4, -0.2) is 26.7 Å². The van der Waals surface area contributed by atoms with E-state index >= 15 is 0 Å². The lowest BCUT2D eigenvalue weighted by Gasteiger charge is -2.21. The van der Waals surface area contributed by atoms with Gasteiger partial charge in [-0.05, 0) is 18.1 Å². The van der Waals surface area contributed by atoms with E-state index in [0.29, 0.717) is 21.7 Å². The summed E-state index contributed by atoms with van der Waals surface area (Å²) in [5, 5.41) is 7.07. The van der Waals surface area contributed by atoms with Crippen molar-refractivity contribution >= 4 is 28.8 Å². The van der Waals surface area contributed by atoms with E-state index in [9.17, 15) is 4.79 Å². The second kappa shape index (κ2) is 6.16. The van der Waals surface area contributed by atoms with Crippen molar-refractivity contribution in [3.63, 3.8) is 0 Å². The van der Waals surface area contributed by atoms with E-state index < -0.39 is 0 Å². The van der Waals surface area contributed by atoms with Gasteiger partial charge in [0.2, 0.25) is 0 Å². The summed E-state index contributed by atoms with van der Waals surface area (Å²) in [6.45, 7) is 4.72. The zero-order valence-electron chi connectivity index (χ0n) is 10.7. The lowest BCUT2D eigenvalue weighted by atomic mass is 10.0. The van der Waals surface area contributed by atoms with Crippen molar-refractivity contribution in [1.82, 2.24) is 20.1 Å². The van der Waals surface area contributed by atoms with E-state index in [1.165, 1.54) is 17.7 Å². The maximum Gasteiger partial charge on any atom is 0.261 e. The van der Waals surface area contributed by atoms with Crippen LogP contribution in [0.15, 0.2) is 24.8 Å². The third-order valence-corrected chi connectivity index (χ3v) is 4.00. The van der Waals surface area contributed by atoms with Crippen LogP contribution in [0.3, 0.4) is 0 Å². The number of halogens is 1. The molecule has 5 nitrogen and oxygen atoms in total. The van der Waals surface area contributed by atoms with Gasteiger partial charge in [0.15, 0.2) is 0 Å². The molecule has 2 aromatic heterocycles. The molecule has 7 heteroatoms. The van der Waals surface area contributed by atoms with Gasteiger partial charge in [0.25, 0.3) is 5.91 Å². The zero-order chi connectivity index (χ0) is 13.8. The smallest absolute Gasteiger partial charge is 0.261 e. The number of amides is 1. The van der Waals surface area contributed by atoms with Crippen molar-refractivity contribution in [2.24, 2.45) is 5.92 Å². The Balaban J connectivity index is 2.02. The average molecular weight is 299 g/mol. The highest BCUT2D eigenvalue weighted by Gasteiger charge is 2.19. The van der Waals surface area contributed by atoms with Crippen LogP contribution in [0.1, 0.15) is 23.5 Å². The molecule has 0 saturated carbocycles. The summed E-state index contributed by atoms with van der Waals surface area (Å²) in [7, 11) is 0. The van der Waals surface area contributed by atoms with E-state index in [1.807, 2.05) is 0 Å². The lowest BCUT2D eigenvalue weighted by Crippen LogP contribution is -2.41. The van der Waals surface area contributed by atoms with E-state index in [2.05, 4.69) is 29.2 Å². The molecule has 0 radical (unpaired) electrons. The van der Waals surface area contributed by atoms with Crippen molar-refractivity contribution < 1.29 is 4.79 Å². The molecule has 102 valence electrons. The molecule has 19 heavy (non-hydrogen) atoms. The van der Waals surface area contributed by atoms with E-state index in [-0.39, 0.29) is 11.9 Å². The molecule has 0 aromatic carbocycles. The molecule has 0 fully saturated rings. The van der Waals surface area contributed by atoms with Gasteiger partial charge in [0.05, 0.1) is 21.8 Å². The standard InChI is InChI=1S/C12H15ClN4OS/c1-8(2)9(5-17-7-14-6-15-17)16-12(18)10-3-4-11(13)19-10/h3-4,6-9H,5H2,1-2H3,(H,16,18)/t9-/m0/s1. The Kier molecular flexibility index (Phi) is 4.55. The second-order valence-electron chi connectivity index (χ2n) is 4.55. The number of thiophene rings is 1. The van der Waals surface area contributed by atoms with Crippen LogP contribution < -0.4 is 5.32 Å². The van der Waals surface area contributed by atoms with Gasteiger partial charge in [-0.1, -0.05) is 25.4 Å². The molecule has 0 spiro atoms. The monoisotopic (exact) mass is 298 g/mol. The number of hydrogen-bond donors (Lipinski definition) is 1. The Morgan fingerprint density at radius 1 is 1.53 bits per heavy atom. The first-order chi connectivity index (χ1) is 9.06. The Morgan fingerprint density at radius 3 is 2.84 bits per heavy atom. The number of nitrogens with one attached hydrogen (secondary N) is 1. The molecule has 0 bridgehead atoms. The number of carbonyl (C=O) groups excluding carboxylic acids is 1. The molecule has 2 heterocycles. The van der Waals surface area contributed by atoms with Gasteiger partial charge in [0, 0.05) is 0 Å². The Labute approximate surface area is 120 Å². The highest BCUT2D eigenvalue weighted by atomic mass is 35.5. The summed E-state index contributed by atoms with van der Waals surface area (Å²) in [6.07, 6.45) is 3.13. The topological polar surface area (TPSA) is 59.8 Å². The Bertz CT molecular complexity index is 538. The summed E-state index contributed by atoms with van der Waals surface area (Å²) < 4.78 is 2.33. The highest BCUT2D eigenvalue weighted by molar-refractivity contribution is 7.17. The normalized spacial score (nSPS) is 12.6. The van der Waals surface area contributed by atoms with Crippen molar-refractivity contribution in [3.8, 4) is 0 Å². The van der Waals surface area contributed by atoms with E-state index in [0.717, 1.165) is 0 Å². The molecule has 2 aromatic rings. The summed E-state index contributed by atoms with van der Waals surface area (Å²) in [5.41, 5.74) is 0. The lowest BCUT2D eigenvalue weighted by molar-refractivity contribution is 0.0923. The number of carbonyl (C=O) groups is 1. The minimum atomic E-state index is -0.101. The van der Waals surface area contributed by atoms with Gasteiger partial charge < -0.3 is 5.32 Å². The summed E-state index contributed by atoms with van der Waals surface area (Å²) in [5.74, 6) is 0.194. The minimum Gasteiger partial charge on any atom is -0.346 e. The molecule has 0 saturated heterocycles. The fraction of sp³-hybridized carbons (Fsp3) is 0.417. The van der Waals surface area contributed by atoms with Gasteiger partial charge in [-0.3, -0.25) is 9.48 Å². The molecular weight excluding hydrogens is 284 g/mol. The largest absolute Gasteiger partial charge is 0.346 e. The Hall–Kier alpha value is -1.40. The third kappa shape index (κ3) is 3.78. The summed E-state index contributed by atoms with van der Waals surface area (Å²) >= 11 is 7.11. The fourth-order valence-corrected chi connectivity index (χ4v) is 2.57. The maximum absolute atomic E-state index is 12.1. The van der Waals surface area contributed by atoms with Crippen LogP contribution in [0.25, 0.3) is 0 Å². The Morgan fingerprint density at radius 2 is 2.32 bits per heavy atom. The first-order valence-electron chi connectivity index (χ1n) is 5.95. The van der Waals surface area contributed by atoms with Crippen LogP contribution in [-0.2, 0) is 6.54 Å². The average Bonchev–Trinajstić information content (AvgIpc) is 2.99. The molecule has 1 amide bonds. The number of nitrogens with zero attached hydrogens (tertiary/aromatic N) is 3. The van der Waals surface area contributed by atoms with Crippen LogP contribution in [0.2, 0.25) is 4.34 Å². The van der Waals surface area contributed by atoms with Crippen LogP contribution in [0.4, 0.5) is 0 Å². The number of hydrogen-bond acceptors (Lipinski definition) is 4. The van der Waals surface area contributed by atoms with Crippen molar-refractivity contribution in [2.45, 2.75) is 26.4 Å². The predicted octanol–water partition coefficient (Wildman–Crippen LogP) is 2.45. The van der Waals surface area contributed by atoms with E-state index in [4.69, 9.17) is 11.6 Å². The van der Waals surface area contributed by atoms with Crippen LogP contribution in [0, 0.1) is 5.92 Å². The van der Waals surface area contributed by atoms with Crippen molar-refractivity contribution in [2.75, 3.05) is 0 Å². The molecule has 0 aliphatic rings. The van der Waals surface area contributed by atoms with Gasteiger partial charge in [-0.25, -0.2) is 4.98 Å². The zero-order valence-corrected chi connectivity index (χ0v) is 12.3. The quantitative estimate of drug-likeness (QED) is 0.922. The van der Waals surface area contributed by atoms with E-state index in [1.54, 1.807) is 23.1 Å². The second-order valence-corrected chi connectivity index (χ2v) is 6.26. The third-order valence-electron chi connectivity index (χ3n) is 2.77. The van der Waals surface area contributed by atoms with Gasteiger partial charge in [0.1, 0.15) is 12.7 Å². The predicted molar refractivity (Wildman–Crippen MR) is 75.4 cm³/mol. The minimum absolute atomic E-state index is 0.00456. The van der Waals surface area contributed by atoms with Gasteiger partial charge in [-0.2, -0.15) is 5.10 Å². The fourth-order valence-electron chi connectivity index (χ4n) is 1.63. The van der Waals surface area contributed by atoms with Crippen LogP contribution in [0.5, 0.6) is 0 Å². The van der Waals surface area contributed by atoms with Crippen LogP contribution >= 0.6 is 22.9 Å². The SMILES string of the molecule is CC(C)[C@H](Cn1cncn1)NC(=O)c1ccc(Cl)s1. The molecule has 2 rings (SSSR count). The number of rotatable bonds is 5. The first-order valence-corrected chi connectivity index (χ1v) is 7.14. The molecule has 0 aliphatic carbocycles. The number of aromatic nitrogens is 3.